The van der Waals surface area contributed by atoms with Crippen LogP contribution in [-0.4, -0.2) is 20.2 Å². The number of halogens is 1. The van der Waals surface area contributed by atoms with E-state index in [1.807, 2.05) is 35.7 Å². The summed E-state index contributed by atoms with van der Waals surface area (Å²) in [6.07, 6.45) is 1.57. The lowest BCUT2D eigenvalue weighted by Gasteiger charge is -2.06. The van der Waals surface area contributed by atoms with Gasteiger partial charge in [-0.1, -0.05) is 17.7 Å². The Morgan fingerprint density at radius 1 is 1.32 bits per heavy atom. The second-order valence-corrected chi connectivity index (χ2v) is 5.32. The molecule has 0 aliphatic rings. The quantitative estimate of drug-likeness (QED) is 0.803. The second-order valence-electron chi connectivity index (χ2n) is 3.89. The van der Waals surface area contributed by atoms with Gasteiger partial charge in [-0.2, -0.15) is 0 Å². The third kappa shape index (κ3) is 2.91. The molecule has 7 heteroatoms. The van der Waals surface area contributed by atoms with Gasteiger partial charge in [0.15, 0.2) is 0 Å². The van der Waals surface area contributed by atoms with Crippen LogP contribution < -0.4 is 5.32 Å². The van der Waals surface area contributed by atoms with E-state index in [9.17, 15) is 0 Å². The summed E-state index contributed by atoms with van der Waals surface area (Å²) < 4.78 is 1.62. The van der Waals surface area contributed by atoms with E-state index in [-0.39, 0.29) is 0 Å². The average Bonchev–Trinajstić information content (AvgIpc) is 3.08. The number of nitrogens with zero attached hydrogens (tertiary/aromatic N) is 4. The summed E-state index contributed by atoms with van der Waals surface area (Å²) in [5.41, 5.74) is 1.93. The average molecular weight is 292 g/mol. The van der Waals surface area contributed by atoms with Gasteiger partial charge in [-0.15, -0.1) is 16.4 Å². The SMILES string of the molecule is Clc1csc(CNc2cccc(-n3cnnn3)c2)c1. The highest BCUT2D eigenvalue weighted by atomic mass is 35.5. The van der Waals surface area contributed by atoms with Crippen LogP contribution in [0, 0.1) is 0 Å². The van der Waals surface area contributed by atoms with Gasteiger partial charge in [0.05, 0.1) is 10.7 Å². The molecule has 19 heavy (non-hydrogen) atoms. The molecular weight excluding hydrogens is 282 g/mol. The highest BCUT2D eigenvalue weighted by Gasteiger charge is 2.01. The Labute approximate surface area is 118 Å². The molecule has 1 aromatic carbocycles. The molecule has 3 aromatic rings. The summed E-state index contributed by atoms with van der Waals surface area (Å²) in [7, 11) is 0. The zero-order valence-corrected chi connectivity index (χ0v) is 11.4. The van der Waals surface area contributed by atoms with E-state index in [1.165, 1.54) is 4.88 Å². The van der Waals surface area contributed by atoms with E-state index >= 15 is 0 Å². The molecule has 0 radical (unpaired) electrons. The molecule has 96 valence electrons. The third-order valence-corrected chi connectivity index (χ3v) is 3.83. The molecule has 0 atom stereocenters. The maximum Gasteiger partial charge on any atom is 0.143 e. The number of hydrogen-bond donors (Lipinski definition) is 1. The third-order valence-electron chi connectivity index (χ3n) is 2.55. The fourth-order valence-electron chi connectivity index (χ4n) is 1.67. The Hall–Kier alpha value is -1.92. The van der Waals surface area contributed by atoms with Crippen molar-refractivity contribution in [1.29, 1.82) is 0 Å². The van der Waals surface area contributed by atoms with E-state index in [0.29, 0.717) is 0 Å². The lowest BCUT2D eigenvalue weighted by Crippen LogP contribution is -2.00. The van der Waals surface area contributed by atoms with Gasteiger partial charge in [-0.25, -0.2) is 4.68 Å². The zero-order chi connectivity index (χ0) is 13.1. The van der Waals surface area contributed by atoms with Gasteiger partial charge in [0.2, 0.25) is 0 Å². The molecule has 0 saturated carbocycles. The normalized spacial score (nSPS) is 10.6. The minimum Gasteiger partial charge on any atom is -0.380 e. The first kappa shape index (κ1) is 12.1. The molecular formula is C12H10ClN5S. The number of nitrogens with one attached hydrogen (secondary N) is 1. The summed E-state index contributed by atoms with van der Waals surface area (Å²) in [5.74, 6) is 0. The van der Waals surface area contributed by atoms with Crippen LogP contribution in [0.2, 0.25) is 5.02 Å². The highest BCUT2D eigenvalue weighted by Crippen LogP contribution is 2.21. The van der Waals surface area contributed by atoms with Crippen molar-refractivity contribution >= 4 is 28.6 Å². The van der Waals surface area contributed by atoms with E-state index < -0.39 is 0 Å². The van der Waals surface area contributed by atoms with Gasteiger partial charge in [-0.05, 0) is 34.7 Å². The number of anilines is 1. The molecule has 0 saturated heterocycles. The van der Waals surface area contributed by atoms with E-state index in [2.05, 4.69) is 20.8 Å². The topological polar surface area (TPSA) is 55.6 Å². The van der Waals surface area contributed by atoms with Crippen LogP contribution in [0.5, 0.6) is 0 Å². The van der Waals surface area contributed by atoms with Crippen molar-refractivity contribution in [2.75, 3.05) is 5.32 Å². The van der Waals surface area contributed by atoms with Crippen LogP contribution in [0.1, 0.15) is 4.88 Å². The minimum atomic E-state index is 0.746. The molecule has 0 aliphatic heterocycles. The molecule has 0 aliphatic carbocycles. The number of aromatic nitrogens is 4. The Balaban J connectivity index is 1.73. The Kier molecular flexibility index (Phi) is 3.43. The van der Waals surface area contributed by atoms with Gasteiger partial charge in [-0.3, -0.25) is 0 Å². The van der Waals surface area contributed by atoms with Gasteiger partial charge in [0.1, 0.15) is 6.33 Å². The predicted octanol–water partition coefficient (Wildman–Crippen LogP) is 2.99. The fourth-order valence-corrected chi connectivity index (χ4v) is 2.69. The van der Waals surface area contributed by atoms with E-state index in [0.717, 1.165) is 22.9 Å². The largest absolute Gasteiger partial charge is 0.380 e. The number of benzene rings is 1. The minimum absolute atomic E-state index is 0.746. The summed E-state index contributed by atoms with van der Waals surface area (Å²) in [5, 5.41) is 17.2. The van der Waals surface area contributed by atoms with Crippen molar-refractivity contribution < 1.29 is 0 Å². The van der Waals surface area contributed by atoms with Crippen LogP contribution in [0.25, 0.3) is 5.69 Å². The molecule has 0 fully saturated rings. The summed E-state index contributed by atoms with van der Waals surface area (Å²) in [4.78, 5) is 1.19. The number of thiophene rings is 1. The van der Waals surface area contributed by atoms with E-state index in [1.54, 1.807) is 22.3 Å². The number of tetrazole rings is 1. The smallest absolute Gasteiger partial charge is 0.143 e. The molecule has 5 nitrogen and oxygen atoms in total. The zero-order valence-electron chi connectivity index (χ0n) is 9.82. The van der Waals surface area contributed by atoms with Gasteiger partial charge in [0.25, 0.3) is 0 Å². The molecule has 0 amide bonds. The maximum absolute atomic E-state index is 5.89. The van der Waals surface area contributed by atoms with Crippen molar-refractivity contribution in [3.63, 3.8) is 0 Å². The highest BCUT2D eigenvalue weighted by molar-refractivity contribution is 7.10. The lowest BCUT2D eigenvalue weighted by molar-refractivity contribution is 0.789. The van der Waals surface area contributed by atoms with Crippen LogP contribution in [0.15, 0.2) is 42.0 Å². The first-order valence-electron chi connectivity index (χ1n) is 5.61. The van der Waals surface area contributed by atoms with E-state index in [4.69, 9.17) is 11.6 Å². The Morgan fingerprint density at radius 3 is 3.00 bits per heavy atom. The van der Waals surface area contributed by atoms with Gasteiger partial charge < -0.3 is 5.32 Å². The molecule has 2 heterocycles. The molecule has 0 bridgehead atoms. The molecule has 0 unspecified atom stereocenters. The van der Waals surface area contributed by atoms with Crippen LogP contribution in [0.4, 0.5) is 5.69 Å². The van der Waals surface area contributed by atoms with Crippen molar-refractivity contribution in [1.82, 2.24) is 20.2 Å². The van der Waals surface area contributed by atoms with Crippen LogP contribution in [-0.2, 0) is 6.54 Å². The standard InChI is InChI=1S/C12H10ClN5S/c13-9-4-12(19-7-9)6-14-10-2-1-3-11(5-10)18-8-15-16-17-18/h1-5,7-8,14H,6H2. The van der Waals surface area contributed by atoms with Crippen LogP contribution in [0.3, 0.4) is 0 Å². The van der Waals surface area contributed by atoms with Crippen molar-refractivity contribution in [2.24, 2.45) is 0 Å². The Bertz CT molecular complexity index is 664. The summed E-state index contributed by atoms with van der Waals surface area (Å²) in [6.45, 7) is 0.746. The van der Waals surface area contributed by atoms with Crippen molar-refractivity contribution in [3.8, 4) is 5.69 Å². The number of hydrogen-bond acceptors (Lipinski definition) is 5. The van der Waals surface area contributed by atoms with Gasteiger partial charge >= 0.3 is 0 Å². The Morgan fingerprint density at radius 2 is 2.26 bits per heavy atom. The summed E-state index contributed by atoms with van der Waals surface area (Å²) in [6, 6.07) is 9.86. The molecule has 1 N–H and O–H groups in total. The first-order chi connectivity index (χ1) is 9.31. The fraction of sp³-hybridized carbons (Fsp3) is 0.0833. The second kappa shape index (κ2) is 5.38. The lowest BCUT2D eigenvalue weighted by atomic mass is 10.2. The maximum atomic E-state index is 5.89. The molecule has 2 aromatic heterocycles. The van der Waals surface area contributed by atoms with Crippen LogP contribution >= 0.6 is 22.9 Å². The summed E-state index contributed by atoms with van der Waals surface area (Å²) >= 11 is 7.53. The predicted molar refractivity (Wildman–Crippen MR) is 75.8 cm³/mol. The van der Waals surface area contributed by atoms with Gasteiger partial charge in [0, 0.05) is 22.5 Å². The van der Waals surface area contributed by atoms with Crippen molar-refractivity contribution in [3.05, 3.63) is 51.9 Å². The monoisotopic (exact) mass is 291 g/mol. The number of rotatable bonds is 4. The first-order valence-corrected chi connectivity index (χ1v) is 6.87. The van der Waals surface area contributed by atoms with Crippen molar-refractivity contribution in [2.45, 2.75) is 6.54 Å². The molecule has 0 spiro atoms. The molecule has 3 rings (SSSR count).